The molecule has 1 N–H and O–H groups in total. The number of nitrogens with zero attached hydrogens (tertiary/aromatic N) is 2. The second-order valence-corrected chi connectivity index (χ2v) is 5.94. The lowest BCUT2D eigenvalue weighted by Gasteiger charge is -2.13. The second kappa shape index (κ2) is 7.33. The summed E-state index contributed by atoms with van der Waals surface area (Å²) in [5.41, 5.74) is 1.23. The number of ether oxygens (including phenoxy) is 2. The highest BCUT2D eigenvalue weighted by Gasteiger charge is 2.21. The van der Waals surface area contributed by atoms with Crippen LogP contribution in [-0.2, 0) is 18.0 Å². The van der Waals surface area contributed by atoms with Crippen LogP contribution in [0.25, 0.3) is 0 Å². The van der Waals surface area contributed by atoms with E-state index in [2.05, 4.69) is 5.10 Å². The molecular formula is C15H18Cl2N2O3. The average Bonchev–Trinajstić information content (AvgIpc) is 2.76. The maximum Gasteiger partial charge on any atom is 0.224 e. The van der Waals surface area contributed by atoms with Crippen molar-refractivity contribution in [2.45, 2.75) is 33.1 Å². The van der Waals surface area contributed by atoms with Crippen LogP contribution >= 0.6 is 23.2 Å². The Morgan fingerprint density at radius 3 is 2.36 bits per heavy atom. The highest BCUT2D eigenvalue weighted by molar-refractivity contribution is 6.34. The first-order valence-corrected chi connectivity index (χ1v) is 7.55. The van der Waals surface area contributed by atoms with Crippen LogP contribution in [-0.4, -0.2) is 22.0 Å². The number of halogens is 2. The van der Waals surface area contributed by atoms with Crippen molar-refractivity contribution >= 4 is 23.2 Å². The molecule has 0 unspecified atom stereocenters. The van der Waals surface area contributed by atoms with E-state index in [0.717, 1.165) is 0 Å². The minimum atomic E-state index is -0.189. The van der Waals surface area contributed by atoms with E-state index in [1.165, 1.54) is 0 Å². The van der Waals surface area contributed by atoms with Gasteiger partial charge in [-0.3, -0.25) is 0 Å². The molecular weight excluding hydrogens is 327 g/mol. The second-order valence-electron chi connectivity index (χ2n) is 5.07. The monoisotopic (exact) mass is 344 g/mol. The molecule has 0 spiro atoms. The van der Waals surface area contributed by atoms with Crippen LogP contribution in [0.5, 0.6) is 11.6 Å². The summed E-state index contributed by atoms with van der Waals surface area (Å²) in [7, 11) is 1.58. The van der Waals surface area contributed by atoms with Crippen LogP contribution in [0.3, 0.4) is 0 Å². The minimum absolute atomic E-state index is 0.0561. The van der Waals surface area contributed by atoms with Crippen molar-refractivity contribution in [1.29, 1.82) is 0 Å². The third-order valence-electron chi connectivity index (χ3n) is 3.02. The number of methoxy groups -OCH3 is 1. The first-order chi connectivity index (χ1) is 10.5. The molecule has 1 aromatic heterocycles. The zero-order chi connectivity index (χ0) is 16.3. The zero-order valence-corrected chi connectivity index (χ0v) is 14.1. The van der Waals surface area contributed by atoms with E-state index in [1.54, 1.807) is 30.0 Å². The highest BCUT2D eigenvalue weighted by atomic mass is 35.5. The molecule has 0 radical (unpaired) electrons. The average molecular weight is 345 g/mol. The fourth-order valence-electron chi connectivity index (χ4n) is 2.07. The Labute approximate surface area is 139 Å². The van der Waals surface area contributed by atoms with Crippen molar-refractivity contribution in [2.24, 2.45) is 0 Å². The number of rotatable bonds is 6. The number of hydrogen-bond acceptors (Lipinski definition) is 4. The maximum absolute atomic E-state index is 9.49. The van der Waals surface area contributed by atoms with Gasteiger partial charge in [0.15, 0.2) is 0 Å². The maximum atomic E-state index is 9.49. The molecule has 0 amide bonds. The predicted octanol–water partition coefficient (Wildman–Crippen LogP) is 4.20. The van der Waals surface area contributed by atoms with Crippen LogP contribution in [0.2, 0.25) is 10.0 Å². The van der Waals surface area contributed by atoms with Gasteiger partial charge in [-0.1, -0.05) is 23.2 Å². The molecule has 0 saturated carbocycles. The van der Waals surface area contributed by atoms with E-state index < -0.39 is 0 Å². The van der Waals surface area contributed by atoms with Gasteiger partial charge in [0.05, 0.1) is 30.5 Å². The normalized spacial score (nSPS) is 11.2. The Hall–Kier alpha value is -1.27. The topological polar surface area (TPSA) is 56.5 Å². The van der Waals surface area contributed by atoms with Gasteiger partial charge in [0, 0.05) is 17.2 Å². The summed E-state index contributed by atoms with van der Waals surface area (Å²) < 4.78 is 12.8. The van der Waals surface area contributed by atoms with Crippen LogP contribution in [0.1, 0.15) is 31.1 Å². The summed E-state index contributed by atoms with van der Waals surface area (Å²) in [6, 6.07) is 5.02. The number of aliphatic hydroxyl groups excluding tert-OH is 1. The molecule has 2 aromatic rings. The summed E-state index contributed by atoms with van der Waals surface area (Å²) in [5.74, 6) is 1.01. The Balaban J connectivity index is 2.49. The lowest BCUT2D eigenvalue weighted by Crippen LogP contribution is -2.06. The van der Waals surface area contributed by atoms with E-state index >= 15 is 0 Å². The Bertz CT molecular complexity index is 636. The fraction of sp³-hybridized carbons (Fsp3) is 0.400. The van der Waals surface area contributed by atoms with E-state index in [-0.39, 0.29) is 19.3 Å². The third kappa shape index (κ3) is 3.73. The van der Waals surface area contributed by atoms with Gasteiger partial charge in [-0.15, -0.1) is 0 Å². The van der Waals surface area contributed by atoms with Crippen LogP contribution in [0, 0.1) is 0 Å². The molecule has 0 aliphatic rings. The van der Waals surface area contributed by atoms with Gasteiger partial charge in [0.2, 0.25) is 5.88 Å². The van der Waals surface area contributed by atoms with Crippen LogP contribution < -0.4 is 4.74 Å². The van der Waals surface area contributed by atoms with Crippen molar-refractivity contribution in [1.82, 2.24) is 9.78 Å². The Morgan fingerprint density at radius 2 is 1.86 bits per heavy atom. The van der Waals surface area contributed by atoms with Crippen molar-refractivity contribution in [2.75, 3.05) is 7.11 Å². The van der Waals surface area contributed by atoms with E-state index in [4.69, 9.17) is 32.7 Å². The number of hydrogen-bond donors (Lipinski definition) is 1. The minimum Gasteiger partial charge on any atom is -0.439 e. The van der Waals surface area contributed by atoms with Crippen molar-refractivity contribution in [3.8, 4) is 11.6 Å². The van der Waals surface area contributed by atoms with Gasteiger partial charge in [-0.2, -0.15) is 5.10 Å². The van der Waals surface area contributed by atoms with Gasteiger partial charge >= 0.3 is 0 Å². The van der Waals surface area contributed by atoms with Crippen molar-refractivity contribution in [3.63, 3.8) is 0 Å². The molecule has 0 bridgehead atoms. The standard InChI is InChI=1S/C15H18Cl2N2O3/c1-9(2)19-15(13(8-21-3)14(7-20)18-19)22-12-5-10(16)4-11(17)6-12/h4-6,9,20H,7-8H2,1-3H3. The van der Waals surface area contributed by atoms with E-state index in [9.17, 15) is 5.11 Å². The predicted molar refractivity (Wildman–Crippen MR) is 85.8 cm³/mol. The molecule has 0 saturated heterocycles. The molecule has 1 aromatic carbocycles. The summed E-state index contributed by atoms with van der Waals surface area (Å²) in [4.78, 5) is 0. The summed E-state index contributed by atoms with van der Waals surface area (Å²) in [6.45, 7) is 4.04. The molecule has 0 fully saturated rings. The lowest BCUT2D eigenvalue weighted by atomic mass is 10.2. The zero-order valence-electron chi connectivity index (χ0n) is 12.6. The van der Waals surface area contributed by atoms with Gasteiger partial charge in [-0.05, 0) is 32.0 Å². The SMILES string of the molecule is COCc1c(CO)nn(C(C)C)c1Oc1cc(Cl)cc(Cl)c1. The summed E-state index contributed by atoms with van der Waals surface area (Å²) in [5, 5.41) is 14.8. The van der Waals surface area contributed by atoms with Gasteiger partial charge < -0.3 is 14.6 Å². The summed E-state index contributed by atoms with van der Waals surface area (Å²) >= 11 is 12.0. The number of aromatic nitrogens is 2. The van der Waals surface area contributed by atoms with E-state index in [1.807, 2.05) is 13.8 Å². The molecule has 7 heteroatoms. The molecule has 22 heavy (non-hydrogen) atoms. The number of aliphatic hydroxyl groups is 1. The van der Waals surface area contributed by atoms with E-state index in [0.29, 0.717) is 32.9 Å². The third-order valence-corrected chi connectivity index (χ3v) is 3.46. The van der Waals surface area contributed by atoms with Crippen LogP contribution in [0.4, 0.5) is 0 Å². The number of benzene rings is 1. The van der Waals surface area contributed by atoms with Crippen molar-refractivity contribution in [3.05, 3.63) is 39.5 Å². The van der Waals surface area contributed by atoms with Gasteiger partial charge in [-0.25, -0.2) is 4.68 Å². The smallest absolute Gasteiger partial charge is 0.224 e. The molecule has 0 atom stereocenters. The highest BCUT2D eigenvalue weighted by Crippen LogP contribution is 2.33. The largest absolute Gasteiger partial charge is 0.439 e. The molecule has 120 valence electrons. The first kappa shape index (κ1) is 17.1. The first-order valence-electron chi connectivity index (χ1n) is 6.80. The molecule has 2 rings (SSSR count). The molecule has 0 aliphatic heterocycles. The van der Waals surface area contributed by atoms with Crippen molar-refractivity contribution < 1.29 is 14.6 Å². The Kier molecular flexibility index (Phi) is 5.69. The fourth-order valence-corrected chi connectivity index (χ4v) is 2.58. The lowest BCUT2D eigenvalue weighted by molar-refractivity contribution is 0.178. The molecule has 0 aliphatic carbocycles. The Morgan fingerprint density at radius 1 is 1.23 bits per heavy atom. The van der Waals surface area contributed by atoms with Gasteiger partial charge in [0.25, 0.3) is 0 Å². The molecule has 1 heterocycles. The van der Waals surface area contributed by atoms with Gasteiger partial charge in [0.1, 0.15) is 5.75 Å². The summed E-state index contributed by atoms with van der Waals surface area (Å²) in [6.07, 6.45) is 0. The molecule has 5 nitrogen and oxygen atoms in total. The van der Waals surface area contributed by atoms with Crippen LogP contribution in [0.15, 0.2) is 18.2 Å². The quantitative estimate of drug-likeness (QED) is 0.852.